The Morgan fingerprint density at radius 1 is 1.22 bits per heavy atom. The lowest BCUT2D eigenvalue weighted by Gasteiger charge is -2.18. The van der Waals surface area contributed by atoms with Crippen LogP contribution in [0.15, 0.2) is 30.3 Å². The van der Waals surface area contributed by atoms with E-state index in [0.717, 1.165) is 11.3 Å². The van der Waals surface area contributed by atoms with Crippen LogP contribution in [0.1, 0.15) is 47.8 Å². The molecule has 4 nitrogen and oxygen atoms in total. The third-order valence-electron chi connectivity index (χ3n) is 4.69. The SMILES string of the molecule is CCC(=O)N1CCc2cc(C(=O)NC(C)c3cc(F)c(Cl)cc3Cl)ccc21. The molecule has 1 aliphatic rings. The minimum atomic E-state index is -0.588. The summed E-state index contributed by atoms with van der Waals surface area (Å²) >= 11 is 11.8. The number of benzene rings is 2. The van der Waals surface area contributed by atoms with Gasteiger partial charge in [-0.1, -0.05) is 30.1 Å². The van der Waals surface area contributed by atoms with E-state index in [4.69, 9.17) is 23.2 Å². The summed E-state index contributed by atoms with van der Waals surface area (Å²) in [6, 6.07) is 7.33. The number of nitrogens with one attached hydrogen (secondary N) is 1. The second kappa shape index (κ2) is 7.87. The Labute approximate surface area is 167 Å². The molecule has 0 saturated carbocycles. The fourth-order valence-electron chi connectivity index (χ4n) is 3.22. The number of carbonyl (C=O) groups is 2. The molecule has 2 aromatic rings. The summed E-state index contributed by atoms with van der Waals surface area (Å²) in [6.07, 6.45) is 1.16. The van der Waals surface area contributed by atoms with E-state index >= 15 is 0 Å². The molecule has 0 bridgehead atoms. The molecule has 1 heterocycles. The van der Waals surface area contributed by atoms with Gasteiger partial charge in [-0.05, 0) is 54.8 Å². The van der Waals surface area contributed by atoms with Crippen molar-refractivity contribution in [3.05, 3.63) is 62.9 Å². The van der Waals surface area contributed by atoms with Gasteiger partial charge in [-0.25, -0.2) is 4.39 Å². The van der Waals surface area contributed by atoms with Gasteiger partial charge in [0, 0.05) is 29.2 Å². The molecule has 1 N–H and O–H groups in total. The summed E-state index contributed by atoms with van der Waals surface area (Å²) < 4.78 is 13.7. The maximum Gasteiger partial charge on any atom is 0.251 e. The van der Waals surface area contributed by atoms with Crippen LogP contribution in [-0.4, -0.2) is 18.4 Å². The predicted octanol–water partition coefficient (Wildman–Crippen LogP) is 4.92. The largest absolute Gasteiger partial charge is 0.345 e. The molecule has 142 valence electrons. The lowest BCUT2D eigenvalue weighted by Crippen LogP contribution is -2.28. The fraction of sp³-hybridized carbons (Fsp3) is 0.300. The highest BCUT2D eigenvalue weighted by Crippen LogP contribution is 2.31. The molecular weight excluding hydrogens is 390 g/mol. The van der Waals surface area contributed by atoms with Gasteiger partial charge in [0.15, 0.2) is 0 Å². The number of rotatable bonds is 4. The van der Waals surface area contributed by atoms with Crippen molar-refractivity contribution in [2.45, 2.75) is 32.7 Å². The summed E-state index contributed by atoms with van der Waals surface area (Å²) in [6.45, 7) is 4.18. The monoisotopic (exact) mass is 408 g/mol. The molecule has 27 heavy (non-hydrogen) atoms. The summed E-state index contributed by atoms with van der Waals surface area (Å²) in [4.78, 5) is 26.3. The van der Waals surface area contributed by atoms with Crippen molar-refractivity contribution in [2.75, 3.05) is 11.4 Å². The van der Waals surface area contributed by atoms with Crippen molar-refractivity contribution >= 4 is 40.7 Å². The Hall–Kier alpha value is -2.11. The van der Waals surface area contributed by atoms with Gasteiger partial charge in [0.25, 0.3) is 5.91 Å². The fourth-order valence-corrected chi connectivity index (χ4v) is 3.77. The molecular formula is C20H19Cl2FN2O2. The summed E-state index contributed by atoms with van der Waals surface area (Å²) in [5.74, 6) is -0.814. The average molecular weight is 409 g/mol. The van der Waals surface area contributed by atoms with Crippen LogP contribution in [0.5, 0.6) is 0 Å². The van der Waals surface area contributed by atoms with Gasteiger partial charge in [0.2, 0.25) is 5.91 Å². The van der Waals surface area contributed by atoms with E-state index in [-0.39, 0.29) is 21.9 Å². The van der Waals surface area contributed by atoms with Crippen LogP contribution in [-0.2, 0) is 11.2 Å². The van der Waals surface area contributed by atoms with Gasteiger partial charge >= 0.3 is 0 Å². The van der Waals surface area contributed by atoms with Crippen molar-refractivity contribution in [3.63, 3.8) is 0 Å². The number of amides is 2. The molecule has 0 spiro atoms. The van der Waals surface area contributed by atoms with E-state index in [1.807, 2.05) is 6.92 Å². The molecule has 0 fully saturated rings. The molecule has 7 heteroatoms. The van der Waals surface area contributed by atoms with E-state index in [0.29, 0.717) is 30.5 Å². The standard InChI is InChI=1S/C20H19Cl2FN2O2/c1-3-19(26)25-7-6-12-8-13(4-5-18(12)25)20(27)24-11(2)14-9-17(23)16(22)10-15(14)21/h4-5,8-11H,3,6-7H2,1-2H3,(H,24,27). The smallest absolute Gasteiger partial charge is 0.251 e. The Morgan fingerprint density at radius 3 is 2.67 bits per heavy atom. The molecule has 1 unspecified atom stereocenters. The van der Waals surface area contributed by atoms with Crippen LogP contribution < -0.4 is 10.2 Å². The van der Waals surface area contributed by atoms with Crippen LogP contribution in [0.2, 0.25) is 10.0 Å². The zero-order valence-electron chi connectivity index (χ0n) is 15.0. The van der Waals surface area contributed by atoms with Gasteiger partial charge in [-0.15, -0.1) is 0 Å². The van der Waals surface area contributed by atoms with E-state index in [9.17, 15) is 14.0 Å². The molecule has 2 aromatic carbocycles. The average Bonchev–Trinajstić information content (AvgIpc) is 3.07. The maximum absolute atomic E-state index is 13.7. The number of anilines is 1. The molecule has 0 radical (unpaired) electrons. The minimum Gasteiger partial charge on any atom is -0.345 e. The van der Waals surface area contributed by atoms with Gasteiger partial charge in [-0.3, -0.25) is 9.59 Å². The van der Waals surface area contributed by atoms with Crippen LogP contribution in [0.3, 0.4) is 0 Å². The zero-order valence-corrected chi connectivity index (χ0v) is 16.5. The number of fused-ring (bicyclic) bond motifs is 1. The lowest BCUT2D eigenvalue weighted by molar-refractivity contribution is -0.118. The number of nitrogens with zero attached hydrogens (tertiary/aromatic N) is 1. The first-order valence-corrected chi connectivity index (χ1v) is 9.46. The van der Waals surface area contributed by atoms with Crippen LogP contribution >= 0.6 is 23.2 Å². The van der Waals surface area contributed by atoms with E-state index in [1.165, 1.54) is 12.1 Å². The first kappa shape index (κ1) is 19.6. The lowest BCUT2D eigenvalue weighted by atomic mass is 10.1. The molecule has 1 aliphatic heterocycles. The normalized spacial score (nSPS) is 14.0. The summed E-state index contributed by atoms with van der Waals surface area (Å²) in [7, 11) is 0. The quantitative estimate of drug-likeness (QED) is 0.729. The van der Waals surface area contributed by atoms with Crippen LogP contribution in [0, 0.1) is 5.82 Å². The second-order valence-electron chi connectivity index (χ2n) is 6.48. The number of hydrogen-bond acceptors (Lipinski definition) is 2. The molecule has 2 amide bonds. The predicted molar refractivity (Wildman–Crippen MR) is 105 cm³/mol. The Bertz CT molecular complexity index is 917. The van der Waals surface area contributed by atoms with Gasteiger partial charge in [0.1, 0.15) is 5.82 Å². The van der Waals surface area contributed by atoms with Crippen molar-refractivity contribution in [2.24, 2.45) is 0 Å². The minimum absolute atomic E-state index is 0.0629. The third-order valence-corrected chi connectivity index (χ3v) is 5.31. The molecule has 3 rings (SSSR count). The third kappa shape index (κ3) is 3.94. The van der Waals surface area contributed by atoms with Gasteiger partial charge < -0.3 is 10.2 Å². The number of halogens is 3. The highest BCUT2D eigenvalue weighted by atomic mass is 35.5. The Balaban J connectivity index is 1.78. The molecule has 0 aliphatic carbocycles. The van der Waals surface area contributed by atoms with E-state index < -0.39 is 11.9 Å². The first-order chi connectivity index (χ1) is 12.8. The van der Waals surface area contributed by atoms with Gasteiger partial charge in [0.05, 0.1) is 11.1 Å². The maximum atomic E-state index is 13.7. The first-order valence-electron chi connectivity index (χ1n) is 8.70. The highest BCUT2D eigenvalue weighted by molar-refractivity contribution is 6.35. The van der Waals surface area contributed by atoms with Crippen molar-refractivity contribution < 1.29 is 14.0 Å². The van der Waals surface area contributed by atoms with Crippen molar-refractivity contribution in [1.82, 2.24) is 5.32 Å². The molecule has 1 atom stereocenters. The van der Waals surface area contributed by atoms with E-state index in [1.54, 1.807) is 30.0 Å². The van der Waals surface area contributed by atoms with Crippen LogP contribution in [0.4, 0.5) is 10.1 Å². The molecule has 0 saturated heterocycles. The topological polar surface area (TPSA) is 49.4 Å². The van der Waals surface area contributed by atoms with Gasteiger partial charge in [-0.2, -0.15) is 0 Å². The number of carbonyl (C=O) groups excluding carboxylic acids is 2. The zero-order chi connectivity index (χ0) is 19.7. The van der Waals surface area contributed by atoms with Crippen molar-refractivity contribution in [1.29, 1.82) is 0 Å². The molecule has 0 aromatic heterocycles. The second-order valence-corrected chi connectivity index (χ2v) is 7.29. The number of hydrogen-bond donors (Lipinski definition) is 1. The summed E-state index contributed by atoms with van der Waals surface area (Å²) in [5, 5.41) is 3.05. The van der Waals surface area contributed by atoms with Crippen LogP contribution in [0.25, 0.3) is 0 Å². The Morgan fingerprint density at radius 2 is 1.96 bits per heavy atom. The van der Waals surface area contributed by atoms with Crippen molar-refractivity contribution in [3.8, 4) is 0 Å². The highest BCUT2D eigenvalue weighted by Gasteiger charge is 2.25. The summed E-state index contributed by atoms with van der Waals surface area (Å²) in [5.41, 5.74) is 2.76. The Kier molecular flexibility index (Phi) is 5.72. The van der Waals surface area contributed by atoms with E-state index in [2.05, 4.69) is 5.32 Å².